The number of methoxy groups -OCH3 is 1. The molecule has 3 N–H and O–H groups in total. The van der Waals surface area contributed by atoms with Gasteiger partial charge in [0.2, 0.25) is 0 Å². The van der Waals surface area contributed by atoms with Crippen LogP contribution >= 0.6 is 0 Å². The Morgan fingerprint density at radius 2 is 2.15 bits per heavy atom. The van der Waals surface area contributed by atoms with E-state index in [1.807, 2.05) is 41.2 Å². The molecule has 4 rings (SSSR count). The molecule has 0 unspecified atom stereocenters. The largest absolute Gasteiger partial charge is 0.464 e. The summed E-state index contributed by atoms with van der Waals surface area (Å²) in [7, 11) is 1.29. The van der Waals surface area contributed by atoms with Crippen molar-refractivity contribution in [3.63, 3.8) is 0 Å². The molecule has 0 aliphatic heterocycles. The number of rotatable bonds is 4. The standard InChI is InChI=1S/C19H18N6O2/c1-3-11-10-22-25-8-6-12(9-14(11)25)15-16(13-5-4-7-21-13)24-18(20)17(23-15)19(26)27-2/h4-10,21H,3H2,1-2H3,(H2,20,24). The van der Waals surface area contributed by atoms with Crippen molar-refractivity contribution < 1.29 is 9.53 Å². The van der Waals surface area contributed by atoms with Crippen LogP contribution in [0, 0.1) is 0 Å². The molecule has 4 heterocycles. The van der Waals surface area contributed by atoms with Crippen molar-refractivity contribution in [1.82, 2.24) is 24.6 Å². The Hall–Kier alpha value is -3.68. The van der Waals surface area contributed by atoms with Crippen molar-refractivity contribution in [3.8, 4) is 22.6 Å². The highest BCUT2D eigenvalue weighted by Gasteiger charge is 2.21. The van der Waals surface area contributed by atoms with Crippen LogP contribution in [0.4, 0.5) is 5.82 Å². The van der Waals surface area contributed by atoms with E-state index in [-0.39, 0.29) is 11.5 Å². The minimum absolute atomic E-state index is 0.00750. The number of aromatic nitrogens is 5. The second kappa shape index (κ2) is 6.56. The van der Waals surface area contributed by atoms with E-state index in [1.54, 1.807) is 6.20 Å². The lowest BCUT2D eigenvalue weighted by Gasteiger charge is -2.11. The maximum atomic E-state index is 12.1. The second-order valence-electron chi connectivity index (χ2n) is 6.00. The highest BCUT2D eigenvalue weighted by molar-refractivity contribution is 5.94. The van der Waals surface area contributed by atoms with E-state index in [1.165, 1.54) is 7.11 Å². The van der Waals surface area contributed by atoms with Gasteiger partial charge in [-0.3, -0.25) is 0 Å². The SMILES string of the molecule is CCc1cnn2ccc(-c3nc(C(=O)OC)c(N)nc3-c3ccc[nH]3)cc12. The van der Waals surface area contributed by atoms with Gasteiger partial charge in [0.15, 0.2) is 11.5 Å². The van der Waals surface area contributed by atoms with Crippen LogP contribution in [0.5, 0.6) is 0 Å². The number of hydrogen-bond donors (Lipinski definition) is 2. The van der Waals surface area contributed by atoms with Crippen molar-refractivity contribution >= 4 is 17.3 Å². The number of H-pyrrole nitrogens is 1. The zero-order valence-electron chi connectivity index (χ0n) is 14.9. The Kier molecular flexibility index (Phi) is 4.08. The molecule has 0 aliphatic carbocycles. The van der Waals surface area contributed by atoms with Gasteiger partial charge in [0.1, 0.15) is 5.69 Å². The van der Waals surface area contributed by atoms with Crippen LogP contribution in [-0.4, -0.2) is 37.6 Å². The Bertz CT molecular complexity index is 1130. The van der Waals surface area contributed by atoms with Crippen molar-refractivity contribution in [2.24, 2.45) is 0 Å². The summed E-state index contributed by atoms with van der Waals surface area (Å²) >= 11 is 0. The van der Waals surface area contributed by atoms with Gasteiger partial charge in [-0.2, -0.15) is 5.10 Å². The van der Waals surface area contributed by atoms with Crippen LogP contribution in [0.3, 0.4) is 0 Å². The number of pyridine rings is 1. The predicted octanol–water partition coefficient (Wildman–Crippen LogP) is 2.72. The van der Waals surface area contributed by atoms with Gasteiger partial charge in [0.25, 0.3) is 0 Å². The normalized spacial score (nSPS) is 11.0. The van der Waals surface area contributed by atoms with E-state index < -0.39 is 5.97 Å². The highest BCUT2D eigenvalue weighted by atomic mass is 16.5. The maximum absolute atomic E-state index is 12.1. The number of nitrogens with two attached hydrogens (primary N) is 1. The van der Waals surface area contributed by atoms with E-state index >= 15 is 0 Å². The van der Waals surface area contributed by atoms with E-state index in [9.17, 15) is 4.79 Å². The third-order valence-electron chi connectivity index (χ3n) is 4.41. The number of aryl methyl sites for hydroxylation is 1. The molecule has 8 heteroatoms. The number of fused-ring (bicyclic) bond motifs is 1. The number of nitrogens with one attached hydrogen (secondary N) is 1. The summed E-state index contributed by atoms with van der Waals surface area (Å²) in [5, 5.41) is 4.35. The molecule has 4 aromatic heterocycles. The molecule has 0 amide bonds. The number of aromatic amines is 1. The average molecular weight is 362 g/mol. The summed E-state index contributed by atoms with van der Waals surface area (Å²) in [6.07, 6.45) is 6.36. The maximum Gasteiger partial charge on any atom is 0.360 e. The zero-order chi connectivity index (χ0) is 19.0. The predicted molar refractivity (Wildman–Crippen MR) is 101 cm³/mol. The van der Waals surface area contributed by atoms with E-state index in [2.05, 4.69) is 27.0 Å². The molecule has 0 fully saturated rings. The van der Waals surface area contributed by atoms with Gasteiger partial charge < -0.3 is 15.5 Å². The van der Waals surface area contributed by atoms with E-state index in [4.69, 9.17) is 10.5 Å². The van der Waals surface area contributed by atoms with Crippen LogP contribution in [0.1, 0.15) is 23.0 Å². The summed E-state index contributed by atoms with van der Waals surface area (Å²) in [5.74, 6) is -0.603. The molecule has 0 atom stereocenters. The summed E-state index contributed by atoms with van der Waals surface area (Å²) in [4.78, 5) is 24.1. The van der Waals surface area contributed by atoms with Crippen LogP contribution in [0.15, 0.2) is 42.9 Å². The fourth-order valence-electron chi connectivity index (χ4n) is 3.01. The minimum atomic E-state index is -0.626. The summed E-state index contributed by atoms with van der Waals surface area (Å²) in [6.45, 7) is 2.08. The second-order valence-corrected chi connectivity index (χ2v) is 6.00. The van der Waals surface area contributed by atoms with Crippen molar-refractivity contribution in [3.05, 3.63) is 54.1 Å². The molecular weight excluding hydrogens is 344 g/mol. The first-order valence-electron chi connectivity index (χ1n) is 8.48. The van der Waals surface area contributed by atoms with Gasteiger partial charge in [-0.15, -0.1) is 0 Å². The lowest BCUT2D eigenvalue weighted by Crippen LogP contribution is -2.12. The summed E-state index contributed by atoms with van der Waals surface area (Å²) in [5.41, 5.74) is 10.7. The van der Waals surface area contributed by atoms with Gasteiger partial charge in [0.05, 0.1) is 30.2 Å². The van der Waals surface area contributed by atoms with Crippen molar-refractivity contribution in [2.75, 3.05) is 12.8 Å². The molecular formula is C19H18N6O2. The van der Waals surface area contributed by atoms with Gasteiger partial charge in [-0.25, -0.2) is 19.3 Å². The van der Waals surface area contributed by atoms with Gasteiger partial charge in [-0.05, 0) is 36.2 Å². The number of ether oxygens (including phenoxy) is 1. The Balaban J connectivity index is 1.98. The van der Waals surface area contributed by atoms with Crippen LogP contribution in [-0.2, 0) is 11.2 Å². The molecule has 0 aliphatic rings. The first kappa shape index (κ1) is 16.8. The van der Waals surface area contributed by atoms with E-state index in [0.717, 1.165) is 28.8 Å². The molecule has 0 aromatic carbocycles. The molecule has 0 bridgehead atoms. The van der Waals surface area contributed by atoms with E-state index in [0.29, 0.717) is 11.4 Å². The molecule has 0 saturated heterocycles. The highest BCUT2D eigenvalue weighted by Crippen LogP contribution is 2.31. The van der Waals surface area contributed by atoms with Crippen LogP contribution < -0.4 is 5.73 Å². The average Bonchev–Trinajstić information content (AvgIpc) is 3.36. The van der Waals surface area contributed by atoms with Crippen molar-refractivity contribution in [2.45, 2.75) is 13.3 Å². The summed E-state index contributed by atoms with van der Waals surface area (Å²) in [6, 6.07) is 7.60. The zero-order valence-corrected chi connectivity index (χ0v) is 14.9. The summed E-state index contributed by atoms with van der Waals surface area (Å²) < 4.78 is 6.60. The number of hydrogen-bond acceptors (Lipinski definition) is 6. The first-order chi connectivity index (χ1) is 13.1. The lowest BCUT2D eigenvalue weighted by atomic mass is 10.1. The molecule has 0 spiro atoms. The minimum Gasteiger partial charge on any atom is -0.464 e. The fraction of sp³-hybridized carbons (Fsp3) is 0.158. The van der Waals surface area contributed by atoms with Gasteiger partial charge in [0, 0.05) is 18.0 Å². The smallest absolute Gasteiger partial charge is 0.360 e. The number of nitrogen functional groups attached to an aromatic ring is 1. The topological polar surface area (TPSA) is 111 Å². The van der Waals surface area contributed by atoms with Crippen LogP contribution in [0.25, 0.3) is 28.2 Å². The molecule has 8 nitrogen and oxygen atoms in total. The monoisotopic (exact) mass is 362 g/mol. The number of carbonyl (C=O) groups is 1. The molecule has 4 aromatic rings. The Morgan fingerprint density at radius 3 is 2.85 bits per heavy atom. The quantitative estimate of drug-likeness (QED) is 0.540. The fourth-order valence-corrected chi connectivity index (χ4v) is 3.01. The Morgan fingerprint density at radius 1 is 1.30 bits per heavy atom. The number of nitrogens with zero attached hydrogens (tertiary/aromatic N) is 4. The third-order valence-corrected chi connectivity index (χ3v) is 4.41. The molecule has 0 saturated carbocycles. The molecule has 136 valence electrons. The molecule has 0 radical (unpaired) electrons. The lowest BCUT2D eigenvalue weighted by molar-refractivity contribution is 0.0595. The first-order valence-corrected chi connectivity index (χ1v) is 8.48. The van der Waals surface area contributed by atoms with Crippen LogP contribution in [0.2, 0.25) is 0 Å². The van der Waals surface area contributed by atoms with Crippen molar-refractivity contribution in [1.29, 1.82) is 0 Å². The molecule has 27 heavy (non-hydrogen) atoms. The third kappa shape index (κ3) is 2.80. The number of carbonyl (C=O) groups excluding carboxylic acids is 1. The number of esters is 1. The van der Waals surface area contributed by atoms with Gasteiger partial charge >= 0.3 is 5.97 Å². The number of anilines is 1. The van der Waals surface area contributed by atoms with Gasteiger partial charge in [-0.1, -0.05) is 6.92 Å². The Labute approximate surface area is 155 Å².